The van der Waals surface area contributed by atoms with E-state index in [1.54, 1.807) is 6.92 Å². The molecule has 1 amide bonds. The average molecular weight is 270 g/mol. The number of likely N-dealkylation sites (tertiary alicyclic amines) is 2. The van der Waals surface area contributed by atoms with Crippen LogP contribution in [0.25, 0.3) is 0 Å². The van der Waals surface area contributed by atoms with Crippen LogP contribution in [0.4, 0.5) is 0 Å². The number of hydrogen-bond donors (Lipinski definition) is 0. The number of rotatable bonds is 5. The second-order valence-electron chi connectivity index (χ2n) is 5.18. The van der Waals surface area contributed by atoms with E-state index in [0.717, 1.165) is 26.1 Å². The van der Waals surface area contributed by atoms with Crippen molar-refractivity contribution in [1.82, 2.24) is 9.80 Å². The van der Waals surface area contributed by atoms with E-state index in [4.69, 9.17) is 0 Å². The van der Waals surface area contributed by atoms with Crippen LogP contribution in [0, 0.1) is 0 Å². The molecule has 0 bridgehead atoms. The molecule has 2 heterocycles. The summed E-state index contributed by atoms with van der Waals surface area (Å²) in [5.74, 6) is 0.218. The van der Waals surface area contributed by atoms with Crippen molar-refractivity contribution >= 4 is 22.8 Å². The molecule has 5 heteroatoms. The molecule has 0 aromatic carbocycles. The SMILES string of the molecule is CC(=O)SC1CC(=O)N(CCCN2CCCC2)C1. The van der Waals surface area contributed by atoms with Gasteiger partial charge in [-0.2, -0.15) is 0 Å². The minimum atomic E-state index is 0.117. The zero-order valence-electron chi connectivity index (χ0n) is 11.1. The fourth-order valence-corrected chi connectivity index (χ4v) is 3.71. The van der Waals surface area contributed by atoms with E-state index in [0.29, 0.717) is 6.42 Å². The van der Waals surface area contributed by atoms with Crippen molar-refractivity contribution in [2.24, 2.45) is 0 Å². The molecule has 0 aromatic rings. The molecule has 2 fully saturated rings. The van der Waals surface area contributed by atoms with Crippen LogP contribution >= 0.6 is 11.8 Å². The van der Waals surface area contributed by atoms with Gasteiger partial charge in [0.1, 0.15) is 0 Å². The van der Waals surface area contributed by atoms with E-state index in [1.165, 1.54) is 37.7 Å². The number of carbonyl (C=O) groups excluding carboxylic acids is 2. The minimum absolute atomic E-state index is 0.117. The monoisotopic (exact) mass is 270 g/mol. The van der Waals surface area contributed by atoms with Gasteiger partial charge in [-0.3, -0.25) is 9.59 Å². The van der Waals surface area contributed by atoms with Crippen LogP contribution in [0.5, 0.6) is 0 Å². The molecular formula is C13H22N2O2S. The van der Waals surface area contributed by atoms with Crippen molar-refractivity contribution < 1.29 is 9.59 Å². The molecule has 1 atom stereocenters. The van der Waals surface area contributed by atoms with Crippen LogP contribution in [0.15, 0.2) is 0 Å². The number of hydrogen-bond acceptors (Lipinski definition) is 4. The van der Waals surface area contributed by atoms with Gasteiger partial charge in [0.15, 0.2) is 5.12 Å². The number of amides is 1. The summed E-state index contributed by atoms with van der Waals surface area (Å²) in [5.41, 5.74) is 0. The van der Waals surface area contributed by atoms with Gasteiger partial charge in [0.2, 0.25) is 5.91 Å². The maximum atomic E-state index is 11.8. The lowest BCUT2D eigenvalue weighted by Gasteiger charge is -2.19. The molecule has 2 saturated heterocycles. The summed E-state index contributed by atoms with van der Waals surface area (Å²) in [4.78, 5) is 27.2. The summed E-state index contributed by atoms with van der Waals surface area (Å²) in [7, 11) is 0. The summed E-state index contributed by atoms with van der Waals surface area (Å²) >= 11 is 1.32. The Morgan fingerprint density at radius 1 is 1.33 bits per heavy atom. The molecule has 2 rings (SSSR count). The highest BCUT2D eigenvalue weighted by molar-refractivity contribution is 8.14. The molecule has 18 heavy (non-hydrogen) atoms. The standard InChI is InChI=1S/C13H22N2O2S/c1-11(16)18-12-9-13(17)15(10-12)8-4-7-14-5-2-3-6-14/h12H,2-10H2,1H3. The van der Waals surface area contributed by atoms with Crippen molar-refractivity contribution in [3.63, 3.8) is 0 Å². The van der Waals surface area contributed by atoms with Gasteiger partial charge in [-0.25, -0.2) is 0 Å². The van der Waals surface area contributed by atoms with Gasteiger partial charge in [0.05, 0.1) is 0 Å². The molecular weight excluding hydrogens is 248 g/mol. The van der Waals surface area contributed by atoms with Crippen LogP contribution in [0.3, 0.4) is 0 Å². The lowest BCUT2D eigenvalue weighted by Crippen LogP contribution is -2.30. The minimum Gasteiger partial charge on any atom is -0.341 e. The molecule has 4 nitrogen and oxygen atoms in total. The van der Waals surface area contributed by atoms with Gasteiger partial charge in [-0.15, -0.1) is 0 Å². The molecule has 2 aliphatic heterocycles. The first-order valence-corrected chi connectivity index (χ1v) is 7.70. The molecule has 0 radical (unpaired) electrons. The smallest absolute Gasteiger partial charge is 0.223 e. The Labute approximate surface area is 113 Å². The fraction of sp³-hybridized carbons (Fsp3) is 0.846. The van der Waals surface area contributed by atoms with E-state index in [1.807, 2.05) is 4.90 Å². The Hall–Kier alpha value is -0.550. The Morgan fingerprint density at radius 2 is 2.06 bits per heavy atom. The van der Waals surface area contributed by atoms with E-state index in [9.17, 15) is 9.59 Å². The molecule has 0 spiro atoms. The highest BCUT2D eigenvalue weighted by atomic mass is 32.2. The lowest BCUT2D eigenvalue weighted by atomic mass is 10.3. The zero-order chi connectivity index (χ0) is 13.0. The van der Waals surface area contributed by atoms with Crippen LogP contribution in [-0.4, -0.2) is 58.8 Å². The summed E-state index contributed by atoms with van der Waals surface area (Å²) in [6.45, 7) is 6.72. The maximum absolute atomic E-state index is 11.8. The second-order valence-corrected chi connectivity index (χ2v) is 6.65. The molecule has 102 valence electrons. The quantitative estimate of drug-likeness (QED) is 0.756. The maximum Gasteiger partial charge on any atom is 0.223 e. The van der Waals surface area contributed by atoms with Gasteiger partial charge in [-0.1, -0.05) is 11.8 Å². The third-order valence-corrected chi connectivity index (χ3v) is 4.59. The predicted molar refractivity (Wildman–Crippen MR) is 73.5 cm³/mol. The Bertz CT molecular complexity index is 316. The van der Waals surface area contributed by atoms with Gasteiger partial charge in [0.25, 0.3) is 0 Å². The summed E-state index contributed by atoms with van der Waals surface area (Å²) < 4.78 is 0. The highest BCUT2D eigenvalue weighted by Gasteiger charge is 2.30. The largest absolute Gasteiger partial charge is 0.341 e. The normalized spacial score (nSPS) is 25.1. The molecule has 2 aliphatic rings. The van der Waals surface area contributed by atoms with Crippen LogP contribution < -0.4 is 0 Å². The Kier molecular flexibility index (Phi) is 5.06. The molecule has 0 aromatic heterocycles. The van der Waals surface area contributed by atoms with Crippen LogP contribution in [-0.2, 0) is 9.59 Å². The third kappa shape index (κ3) is 3.99. The Morgan fingerprint density at radius 3 is 2.72 bits per heavy atom. The van der Waals surface area contributed by atoms with Gasteiger partial charge >= 0.3 is 0 Å². The number of carbonyl (C=O) groups is 2. The average Bonchev–Trinajstić information content (AvgIpc) is 2.89. The van der Waals surface area contributed by atoms with Crippen molar-refractivity contribution in [3.05, 3.63) is 0 Å². The number of thioether (sulfide) groups is 1. The second kappa shape index (κ2) is 6.57. The summed E-state index contributed by atoms with van der Waals surface area (Å²) in [6.07, 6.45) is 4.23. The summed E-state index contributed by atoms with van der Waals surface area (Å²) in [5, 5.41) is 0.300. The summed E-state index contributed by atoms with van der Waals surface area (Å²) in [6, 6.07) is 0. The van der Waals surface area contributed by atoms with Gasteiger partial charge < -0.3 is 9.80 Å². The zero-order valence-corrected chi connectivity index (χ0v) is 11.9. The highest BCUT2D eigenvalue weighted by Crippen LogP contribution is 2.24. The molecule has 0 N–H and O–H groups in total. The van der Waals surface area contributed by atoms with Crippen molar-refractivity contribution in [2.45, 2.75) is 37.9 Å². The van der Waals surface area contributed by atoms with Crippen LogP contribution in [0.2, 0.25) is 0 Å². The van der Waals surface area contributed by atoms with E-state index < -0.39 is 0 Å². The van der Waals surface area contributed by atoms with Crippen LogP contribution in [0.1, 0.15) is 32.6 Å². The topological polar surface area (TPSA) is 40.6 Å². The van der Waals surface area contributed by atoms with Gasteiger partial charge in [-0.05, 0) is 38.9 Å². The Balaban J connectivity index is 1.66. The van der Waals surface area contributed by atoms with E-state index >= 15 is 0 Å². The molecule has 0 aliphatic carbocycles. The first-order valence-electron chi connectivity index (χ1n) is 6.82. The number of nitrogens with zero attached hydrogens (tertiary/aromatic N) is 2. The first-order chi connectivity index (χ1) is 8.65. The van der Waals surface area contributed by atoms with Crippen molar-refractivity contribution in [3.8, 4) is 0 Å². The van der Waals surface area contributed by atoms with Crippen molar-refractivity contribution in [1.29, 1.82) is 0 Å². The molecule has 0 saturated carbocycles. The predicted octanol–water partition coefficient (Wildman–Crippen LogP) is 1.35. The van der Waals surface area contributed by atoms with E-state index in [-0.39, 0.29) is 16.3 Å². The lowest BCUT2D eigenvalue weighted by molar-refractivity contribution is -0.127. The van der Waals surface area contributed by atoms with E-state index in [2.05, 4.69) is 4.90 Å². The van der Waals surface area contributed by atoms with Crippen molar-refractivity contribution in [2.75, 3.05) is 32.7 Å². The third-order valence-electron chi connectivity index (χ3n) is 3.61. The molecule has 1 unspecified atom stereocenters. The fourth-order valence-electron chi connectivity index (χ4n) is 2.76. The first kappa shape index (κ1) is 13.9. The van der Waals surface area contributed by atoms with Gasteiger partial charge in [0, 0.05) is 31.7 Å².